The van der Waals surface area contributed by atoms with Gasteiger partial charge >= 0.3 is 11.9 Å². The maximum atomic E-state index is 13.1. The van der Waals surface area contributed by atoms with E-state index in [4.69, 9.17) is 48.1 Å². The number of amides is 12. The monoisotopic (exact) mass is 1360 g/mol. The van der Waals surface area contributed by atoms with Crippen molar-refractivity contribution in [2.75, 3.05) is 91.6 Å². The van der Waals surface area contributed by atoms with Crippen molar-refractivity contribution in [3.05, 3.63) is 24.3 Å². The summed E-state index contributed by atoms with van der Waals surface area (Å²) in [4.78, 5) is 193. The van der Waals surface area contributed by atoms with Crippen molar-refractivity contribution in [2.24, 2.45) is 47.3 Å². The Labute approximate surface area is 580 Å². The van der Waals surface area contributed by atoms with Gasteiger partial charge in [0.25, 0.3) is 11.8 Å². The molecule has 0 unspecified atom stereocenters. The molecule has 528 valence electrons. The number of hydrogen-bond acceptors (Lipinski definition) is 16. The highest BCUT2D eigenvalue weighted by Crippen LogP contribution is 2.53. The molecule has 99 heavy (non-hydrogen) atoms. The van der Waals surface area contributed by atoms with Gasteiger partial charge in [0.05, 0.1) is 75.8 Å². The maximum absolute atomic E-state index is 13.1. The van der Waals surface area contributed by atoms with E-state index < -0.39 is 41.2 Å². The van der Waals surface area contributed by atoms with E-state index in [1.54, 1.807) is 20.8 Å². The molecular formula is C74H91N9O16. The van der Waals surface area contributed by atoms with Crippen LogP contribution in [0.3, 0.4) is 0 Å². The van der Waals surface area contributed by atoms with E-state index in [-0.39, 0.29) is 237 Å². The third-order valence-corrected chi connectivity index (χ3v) is 18.7. The van der Waals surface area contributed by atoms with Gasteiger partial charge in [-0.25, -0.2) is 4.79 Å². The molecule has 2 saturated carbocycles. The molecule has 8 atom stereocenters. The molecule has 4 aliphatic carbocycles. The van der Waals surface area contributed by atoms with Crippen molar-refractivity contribution in [3.63, 3.8) is 0 Å². The van der Waals surface area contributed by atoms with Crippen molar-refractivity contribution < 1.29 is 76.7 Å². The summed E-state index contributed by atoms with van der Waals surface area (Å²) in [6, 6.07) is 0. The van der Waals surface area contributed by atoms with E-state index in [9.17, 15) is 67.1 Å². The van der Waals surface area contributed by atoms with Crippen molar-refractivity contribution in [3.8, 4) is 74.1 Å². The number of likely N-dealkylation sites (tertiary alicyclic amines) is 2. The molecule has 0 spiro atoms. The van der Waals surface area contributed by atoms with Gasteiger partial charge in [-0.05, 0) is 83.0 Å². The van der Waals surface area contributed by atoms with Gasteiger partial charge < -0.3 is 39.0 Å². The van der Waals surface area contributed by atoms with Crippen LogP contribution in [0.1, 0.15) is 136 Å². The van der Waals surface area contributed by atoms with Crippen LogP contribution in [0.2, 0.25) is 0 Å². The molecule has 0 aromatic rings. The Hall–Kier alpha value is -9.98. The van der Waals surface area contributed by atoms with Gasteiger partial charge in [-0.3, -0.25) is 72.1 Å². The minimum absolute atomic E-state index is 0.000765. The molecule has 0 radical (unpaired) electrons. The molecule has 12 amide bonds. The molecule has 3 saturated heterocycles. The first-order valence-corrected chi connectivity index (χ1v) is 33.9. The lowest BCUT2D eigenvalue weighted by Crippen LogP contribution is -2.40. The summed E-state index contributed by atoms with van der Waals surface area (Å²) < 4.78 is 5.30. The molecule has 3 heterocycles. The molecule has 25 nitrogen and oxygen atoms in total. The second-order valence-corrected chi connectivity index (χ2v) is 26.5. The lowest BCUT2D eigenvalue weighted by atomic mass is 9.85. The number of ether oxygens (including phenoxy) is 1. The molecule has 7 aliphatic rings. The molecular weight excluding hydrogens is 1270 g/mol. The van der Waals surface area contributed by atoms with Crippen molar-refractivity contribution in [1.29, 1.82) is 0 Å². The zero-order valence-electron chi connectivity index (χ0n) is 57.1. The molecule has 7 rings (SSSR count). The van der Waals surface area contributed by atoms with Gasteiger partial charge in [0.2, 0.25) is 59.1 Å². The van der Waals surface area contributed by atoms with Crippen LogP contribution in [-0.4, -0.2) is 224 Å². The van der Waals surface area contributed by atoms with Crippen LogP contribution in [0.25, 0.3) is 0 Å². The summed E-state index contributed by atoms with van der Waals surface area (Å²) in [6.07, 6.45) is 46.0. The smallest absolute Gasteiger partial charge is 0.334 e. The Kier molecular flexibility index (Phi) is 29.7. The Morgan fingerprint density at radius 2 is 0.657 bits per heavy atom. The first kappa shape index (κ1) is 78.0. The molecule has 0 aromatic heterocycles. The standard InChI is InChI=1S/C37H43N5O9.C37H48N4O7/c1-4-18-38(28(43)10-8-7-9-21-41-36(49)34-26-11-12-27(25-26)35(34)37(41)50)22-15-29(44)39(19-5-2)23-16-30(45)40(20-6-3)24-17-33(48)51-42-31(46)13-14-32(42)47;1-7-19-38(29(42)13-11-10-12-22-41-35(46)33-27-14-15-28(26-27)34(33)36(41)47)23-16-30(43)39(20-8-2)24-17-31(44)40(21-9-3)25-18-32(45)48-37(4,5)6/h1-3,11-12,26-27,34-35H,7-10,13-25H2;1-3,14-15,27-28,33-34H,10-13,16-26H2,4-6H3/t26-,27+,34+,35-;27-,28+,33+,34-. The molecule has 4 bridgehead atoms. The second-order valence-electron chi connectivity index (χ2n) is 26.5. The summed E-state index contributed by atoms with van der Waals surface area (Å²) >= 11 is 0. The fraction of sp³-hybridized carbons (Fsp3) is 0.595. The van der Waals surface area contributed by atoms with Crippen molar-refractivity contribution in [2.45, 2.75) is 142 Å². The highest BCUT2D eigenvalue weighted by molar-refractivity contribution is 6.07. The number of terminal acetylenes is 6. The van der Waals surface area contributed by atoms with E-state index in [2.05, 4.69) is 59.8 Å². The number of hydroxylamine groups is 2. The Balaban J connectivity index is 0.000000313. The number of unbranched alkanes of at least 4 members (excludes halogenated alkanes) is 4. The third-order valence-electron chi connectivity index (χ3n) is 18.7. The highest BCUT2D eigenvalue weighted by atomic mass is 16.7. The zero-order chi connectivity index (χ0) is 72.5. The van der Waals surface area contributed by atoms with Crippen LogP contribution in [0, 0.1) is 121 Å². The molecule has 25 heteroatoms. The lowest BCUT2D eigenvalue weighted by Gasteiger charge is -2.26. The third kappa shape index (κ3) is 21.5. The number of carbonyl (C=O) groups excluding carboxylic acids is 14. The van der Waals surface area contributed by atoms with Crippen molar-refractivity contribution in [1.82, 2.24) is 44.3 Å². The number of nitrogens with zero attached hydrogens (tertiary/aromatic N) is 9. The largest absolute Gasteiger partial charge is 0.460 e. The summed E-state index contributed by atoms with van der Waals surface area (Å²) in [5.41, 5.74) is -0.648. The fourth-order valence-corrected chi connectivity index (χ4v) is 13.7. The second kappa shape index (κ2) is 37.7. The fourth-order valence-electron chi connectivity index (χ4n) is 13.7. The van der Waals surface area contributed by atoms with Crippen LogP contribution < -0.4 is 0 Å². The minimum Gasteiger partial charge on any atom is -0.460 e. The molecule has 0 N–H and O–H groups in total. The highest BCUT2D eigenvalue weighted by Gasteiger charge is 2.60. The zero-order valence-corrected chi connectivity index (χ0v) is 57.1. The first-order chi connectivity index (χ1) is 47.3. The number of rotatable bonds is 37. The Bertz CT molecular complexity index is 3340. The van der Waals surface area contributed by atoms with Gasteiger partial charge in [0, 0.05) is 104 Å². The van der Waals surface area contributed by atoms with Gasteiger partial charge in [-0.15, -0.1) is 43.6 Å². The van der Waals surface area contributed by atoms with E-state index >= 15 is 0 Å². The predicted octanol–water partition coefficient (Wildman–Crippen LogP) is 2.77. The summed E-state index contributed by atoms with van der Waals surface area (Å²) in [5, 5.41) is 0.422. The summed E-state index contributed by atoms with van der Waals surface area (Å²) in [7, 11) is 0. The van der Waals surface area contributed by atoms with Crippen LogP contribution in [0.15, 0.2) is 24.3 Å². The summed E-state index contributed by atoms with van der Waals surface area (Å²) in [5.74, 6) is 9.53. The van der Waals surface area contributed by atoms with Crippen LogP contribution >= 0.6 is 0 Å². The lowest BCUT2D eigenvalue weighted by molar-refractivity contribution is -0.197. The number of esters is 1. The van der Waals surface area contributed by atoms with E-state index in [0.29, 0.717) is 56.7 Å². The number of allylic oxidation sites excluding steroid dienone is 4. The molecule has 0 aromatic carbocycles. The van der Waals surface area contributed by atoms with Crippen LogP contribution in [0.5, 0.6) is 0 Å². The normalized spacial score (nSPS) is 20.9. The first-order valence-electron chi connectivity index (χ1n) is 33.9. The number of carbonyl (C=O) groups is 14. The van der Waals surface area contributed by atoms with E-state index in [0.717, 1.165) is 12.8 Å². The average molecular weight is 1360 g/mol. The van der Waals surface area contributed by atoms with Crippen LogP contribution in [-0.2, 0) is 76.7 Å². The molecule has 3 aliphatic heterocycles. The number of hydrogen-bond donors (Lipinski definition) is 0. The number of imide groups is 3. The van der Waals surface area contributed by atoms with Gasteiger partial charge in [0.15, 0.2) is 0 Å². The molecule has 5 fully saturated rings. The van der Waals surface area contributed by atoms with Crippen molar-refractivity contribution >= 4 is 82.8 Å². The van der Waals surface area contributed by atoms with Gasteiger partial charge in [-0.2, -0.15) is 0 Å². The van der Waals surface area contributed by atoms with Gasteiger partial charge in [0.1, 0.15) is 5.60 Å². The predicted molar refractivity (Wildman–Crippen MR) is 359 cm³/mol. The minimum atomic E-state index is -0.884. The Morgan fingerprint density at radius 1 is 0.394 bits per heavy atom. The number of fused-ring (bicyclic) bond motifs is 10. The Morgan fingerprint density at radius 3 is 0.929 bits per heavy atom. The SMILES string of the molecule is C#CCN(CCC(=O)OC(C)(C)C)C(=O)CCN(CC#C)C(=O)CCN(CC#C)C(=O)CCCCCN1C(=O)[C@@H]2[C@H](C1=O)[C@H]1C=C[C@@H]2C1.C#CCN(CCC(=O)ON1C(=O)CCC1=O)C(=O)CCN(CC#C)C(=O)CCN(CC#C)C(=O)CCCCCN1C(=O)[C@@H]2[C@H](C1=O)[C@H]1C=C[C@@H]2C1. The maximum Gasteiger partial charge on any atom is 0.334 e. The summed E-state index contributed by atoms with van der Waals surface area (Å²) in [6.45, 7) is 5.82. The van der Waals surface area contributed by atoms with Crippen LogP contribution in [0.4, 0.5) is 0 Å². The topological polar surface area (TPSA) is 287 Å². The average Bonchev–Trinajstić information content (AvgIpc) is 1.58. The van der Waals surface area contributed by atoms with E-state index in [1.165, 1.54) is 39.2 Å². The quantitative estimate of drug-likeness (QED) is 0.0284. The van der Waals surface area contributed by atoms with E-state index in [1.807, 2.05) is 0 Å². The van der Waals surface area contributed by atoms with Gasteiger partial charge in [-0.1, -0.05) is 72.7 Å².